The predicted molar refractivity (Wildman–Crippen MR) is 98.5 cm³/mol. The highest BCUT2D eigenvalue weighted by atomic mass is 15.3. The fourth-order valence-electron chi connectivity index (χ4n) is 4.14. The first kappa shape index (κ1) is 16.8. The van der Waals surface area contributed by atoms with Crippen LogP contribution >= 0.6 is 0 Å². The van der Waals surface area contributed by atoms with E-state index < -0.39 is 0 Å². The van der Waals surface area contributed by atoms with Crippen molar-refractivity contribution in [1.29, 1.82) is 0 Å². The summed E-state index contributed by atoms with van der Waals surface area (Å²) < 4.78 is 2.29. The Balaban J connectivity index is 1.33. The Morgan fingerprint density at radius 2 is 2.08 bits per heavy atom. The lowest BCUT2D eigenvalue weighted by Crippen LogP contribution is -2.46. The predicted octanol–water partition coefficient (Wildman–Crippen LogP) is 1.15. The number of fused-ring (bicyclic) bond motifs is 1. The first-order valence-corrected chi connectivity index (χ1v) is 9.87. The lowest BCUT2D eigenvalue weighted by molar-refractivity contribution is 0.315. The molecule has 3 heterocycles. The van der Waals surface area contributed by atoms with Gasteiger partial charge >= 0.3 is 0 Å². The SMILES string of the molecule is CN=C(NCc1nnc2n1CCCCC2)NC1CN(C2CC2)CC1C. The first-order valence-electron chi connectivity index (χ1n) is 9.87. The molecule has 0 bridgehead atoms. The van der Waals surface area contributed by atoms with E-state index in [2.05, 4.69) is 42.2 Å². The summed E-state index contributed by atoms with van der Waals surface area (Å²) in [4.78, 5) is 7.05. The molecule has 7 nitrogen and oxygen atoms in total. The zero-order valence-electron chi connectivity index (χ0n) is 15.5. The molecule has 2 N–H and O–H groups in total. The van der Waals surface area contributed by atoms with Crippen LogP contribution in [0.25, 0.3) is 0 Å². The van der Waals surface area contributed by atoms with Crippen LogP contribution in [0.15, 0.2) is 4.99 Å². The van der Waals surface area contributed by atoms with Crippen molar-refractivity contribution in [1.82, 2.24) is 30.3 Å². The zero-order valence-corrected chi connectivity index (χ0v) is 15.5. The van der Waals surface area contributed by atoms with Gasteiger partial charge < -0.3 is 15.2 Å². The smallest absolute Gasteiger partial charge is 0.191 e. The van der Waals surface area contributed by atoms with E-state index in [1.54, 1.807) is 0 Å². The van der Waals surface area contributed by atoms with E-state index in [0.717, 1.165) is 43.2 Å². The summed E-state index contributed by atoms with van der Waals surface area (Å²) in [6.45, 7) is 6.40. The Kier molecular flexibility index (Phi) is 4.92. The number of likely N-dealkylation sites (tertiary alicyclic amines) is 1. The maximum atomic E-state index is 4.42. The summed E-state index contributed by atoms with van der Waals surface area (Å²) in [5.41, 5.74) is 0. The van der Waals surface area contributed by atoms with Crippen LogP contribution in [0.2, 0.25) is 0 Å². The van der Waals surface area contributed by atoms with Crippen molar-refractivity contribution in [3.8, 4) is 0 Å². The lowest BCUT2D eigenvalue weighted by atomic mass is 10.1. The number of guanidine groups is 1. The number of nitrogens with one attached hydrogen (secondary N) is 2. The number of hydrogen-bond donors (Lipinski definition) is 2. The third-order valence-electron chi connectivity index (χ3n) is 5.85. The number of nitrogens with zero attached hydrogens (tertiary/aromatic N) is 5. The van der Waals surface area contributed by atoms with Gasteiger partial charge in [-0.05, 0) is 31.6 Å². The molecule has 1 aromatic heterocycles. The van der Waals surface area contributed by atoms with E-state index in [1.807, 2.05) is 7.05 Å². The van der Waals surface area contributed by atoms with Gasteiger partial charge in [0, 0.05) is 45.2 Å². The van der Waals surface area contributed by atoms with Crippen molar-refractivity contribution in [3.05, 3.63) is 11.6 Å². The van der Waals surface area contributed by atoms with Crippen molar-refractivity contribution in [2.24, 2.45) is 10.9 Å². The maximum absolute atomic E-state index is 4.42. The molecular weight excluding hydrogens is 314 g/mol. The van der Waals surface area contributed by atoms with Crippen molar-refractivity contribution in [2.75, 3.05) is 20.1 Å². The van der Waals surface area contributed by atoms with Crippen LogP contribution in [-0.4, -0.2) is 57.8 Å². The minimum atomic E-state index is 0.474. The van der Waals surface area contributed by atoms with Crippen molar-refractivity contribution >= 4 is 5.96 Å². The molecule has 0 spiro atoms. The second-order valence-electron chi connectivity index (χ2n) is 7.83. The third kappa shape index (κ3) is 3.81. The fourth-order valence-corrected chi connectivity index (χ4v) is 4.14. The molecule has 0 aromatic carbocycles. The number of aromatic nitrogens is 3. The molecule has 1 saturated carbocycles. The van der Waals surface area contributed by atoms with Crippen LogP contribution in [0.4, 0.5) is 0 Å². The Labute approximate surface area is 150 Å². The van der Waals surface area contributed by atoms with Gasteiger partial charge in [-0.1, -0.05) is 13.3 Å². The van der Waals surface area contributed by atoms with Crippen LogP contribution in [-0.2, 0) is 19.5 Å². The average molecular weight is 345 g/mol. The highest BCUT2D eigenvalue weighted by Crippen LogP contribution is 2.31. The van der Waals surface area contributed by atoms with Gasteiger partial charge in [0.25, 0.3) is 0 Å². The van der Waals surface area contributed by atoms with E-state index in [4.69, 9.17) is 0 Å². The molecule has 7 heteroatoms. The van der Waals surface area contributed by atoms with Gasteiger partial charge in [0.1, 0.15) is 5.82 Å². The summed E-state index contributed by atoms with van der Waals surface area (Å²) in [5.74, 6) is 3.70. The summed E-state index contributed by atoms with van der Waals surface area (Å²) in [6.07, 6.45) is 7.55. The van der Waals surface area contributed by atoms with Crippen molar-refractivity contribution < 1.29 is 0 Å². The number of hydrogen-bond acceptors (Lipinski definition) is 4. The summed E-state index contributed by atoms with van der Waals surface area (Å²) in [7, 11) is 1.85. The molecule has 2 aliphatic heterocycles. The Morgan fingerprint density at radius 1 is 1.20 bits per heavy atom. The first-order chi connectivity index (χ1) is 12.2. The second-order valence-corrected chi connectivity index (χ2v) is 7.83. The molecule has 4 rings (SSSR count). The average Bonchev–Trinajstić information content (AvgIpc) is 3.36. The molecule has 0 amide bonds. The van der Waals surface area contributed by atoms with Gasteiger partial charge in [0.05, 0.1) is 6.54 Å². The van der Waals surface area contributed by atoms with Gasteiger partial charge in [0.15, 0.2) is 11.8 Å². The van der Waals surface area contributed by atoms with Gasteiger partial charge in [0.2, 0.25) is 0 Å². The number of aryl methyl sites for hydroxylation is 1. The van der Waals surface area contributed by atoms with Gasteiger partial charge in [-0.15, -0.1) is 10.2 Å². The Morgan fingerprint density at radius 3 is 2.88 bits per heavy atom. The standard InChI is InChI=1S/C18H31N7/c1-13-11-24(14-7-8-14)12-15(13)21-18(19-2)20-10-17-23-22-16-6-4-3-5-9-25(16)17/h13-15H,3-12H2,1-2H3,(H2,19,20,21). The fraction of sp³-hybridized carbons (Fsp3) is 0.833. The minimum absolute atomic E-state index is 0.474. The molecule has 3 aliphatic rings. The number of aliphatic imine (C=N–C) groups is 1. The van der Waals surface area contributed by atoms with Gasteiger partial charge in [-0.3, -0.25) is 9.89 Å². The topological polar surface area (TPSA) is 70.4 Å². The molecule has 1 saturated heterocycles. The van der Waals surface area contributed by atoms with Crippen LogP contribution in [0.3, 0.4) is 0 Å². The van der Waals surface area contributed by atoms with Crippen LogP contribution in [0, 0.1) is 5.92 Å². The van der Waals surface area contributed by atoms with Crippen LogP contribution in [0.5, 0.6) is 0 Å². The quantitative estimate of drug-likeness (QED) is 0.633. The Hall–Kier alpha value is -1.63. The van der Waals surface area contributed by atoms with Crippen LogP contribution in [0.1, 0.15) is 50.7 Å². The molecule has 2 fully saturated rings. The van der Waals surface area contributed by atoms with E-state index in [9.17, 15) is 0 Å². The molecule has 1 aromatic rings. The summed E-state index contributed by atoms with van der Waals surface area (Å²) in [6, 6.07) is 1.32. The molecule has 138 valence electrons. The highest BCUT2D eigenvalue weighted by Gasteiger charge is 2.38. The number of rotatable bonds is 4. The molecule has 25 heavy (non-hydrogen) atoms. The largest absolute Gasteiger partial charge is 0.352 e. The molecule has 0 radical (unpaired) electrons. The summed E-state index contributed by atoms with van der Waals surface area (Å²) in [5, 5.41) is 15.8. The van der Waals surface area contributed by atoms with E-state index in [1.165, 1.54) is 38.6 Å². The molecule has 2 unspecified atom stereocenters. The normalized spacial score (nSPS) is 27.8. The second kappa shape index (κ2) is 7.32. The van der Waals surface area contributed by atoms with E-state index >= 15 is 0 Å². The molecule has 1 aliphatic carbocycles. The monoisotopic (exact) mass is 345 g/mol. The molecule has 2 atom stereocenters. The molecular formula is C18H31N7. The maximum Gasteiger partial charge on any atom is 0.191 e. The van der Waals surface area contributed by atoms with Crippen molar-refractivity contribution in [3.63, 3.8) is 0 Å². The van der Waals surface area contributed by atoms with E-state index in [-0.39, 0.29) is 0 Å². The highest BCUT2D eigenvalue weighted by molar-refractivity contribution is 5.80. The zero-order chi connectivity index (χ0) is 17.2. The Bertz CT molecular complexity index is 619. The summed E-state index contributed by atoms with van der Waals surface area (Å²) >= 11 is 0. The minimum Gasteiger partial charge on any atom is -0.352 e. The third-order valence-corrected chi connectivity index (χ3v) is 5.85. The van der Waals surface area contributed by atoms with Crippen LogP contribution < -0.4 is 10.6 Å². The van der Waals surface area contributed by atoms with Crippen molar-refractivity contribution in [2.45, 2.75) is 70.6 Å². The van der Waals surface area contributed by atoms with Gasteiger partial charge in [-0.2, -0.15) is 0 Å². The lowest BCUT2D eigenvalue weighted by Gasteiger charge is -2.20. The van der Waals surface area contributed by atoms with E-state index in [0.29, 0.717) is 18.5 Å². The van der Waals surface area contributed by atoms with Gasteiger partial charge in [-0.25, -0.2) is 0 Å².